The predicted molar refractivity (Wildman–Crippen MR) is 40.2 cm³/mol. The Morgan fingerprint density at radius 1 is 1.20 bits per heavy atom. The maximum atomic E-state index is 5.67. The lowest BCUT2D eigenvalue weighted by molar-refractivity contribution is 0.00197. The Balaban J connectivity index is 1.96. The molecule has 0 N–H and O–H groups in total. The maximum absolute atomic E-state index is 5.67. The molecule has 2 bridgehead atoms. The lowest BCUT2D eigenvalue weighted by atomic mass is 10.0. The molecule has 0 saturated carbocycles. The van der Waals surface area contributed by atoms with Crippen molar-refractivity contribution >= 4 is 0 Å². The molecule has 2 heterocycles. The smallest absolute Gasteiger partial charge is 0.0566 e. The summed E-state index contributed by atoms with van der Waals surface area (Å²) in [5.41, 5.74) is 0. The van der Waals surface area contributed by atoms with Crippen LogP contribution in [0.5, 0.6) is 0 Å². The van der Waals surface area contributed by atoms with Gasteiger partial charge in [0.25, 0.3) is 0 Å². The van der Waals surface area contributed by atoms with Crippen molar-refractivity contribution in [3.05, 3.63) is 5.32 Å². The van der Waals surface area contributed by atoms with Crippen LogP contribution in [0.1, 0.15) is 25.7 Å². The Morgan fingerprint density at radius 2 is 1.80 bits per heavy atom. The SMILES string of the molecule is C[N-]C1CC2CCC(C1)O2. The van der Waals surface area contributed by atoms with Gasteiger partial charge < -0.3 is 10.1 Å². The van der Waals surface area contributed by atoms with Crippen molar-refractivity contribution in [2.45, 2.75) is 43.9 Å². The molecular weight excluding hydrogens is 126 g/mol. The van der Waals surface area contributed by atoms with Crippen LogP contribution in [-0.4, -0.2) is 25.3 Å². The lowest BCUT2D eigenvalue weighted by Crippen LogP contribution is -2.27. The fraction of sp³-hybridized carbons (Fsp3) is 1.00. The summed E-state index contributed by atoms with van der Waals surface area (Å²) in [6.07, 6.45) is 5.99. The molecule has 0 aromatic rings. The van der Waals surface area contributed by atoms with Crippen molar-refractivity contribution in [2.24, 2.45) is 0 Å². The molecule has 10 heavy (non-hydrogen) atoms. The van der Waals surface area contributed by atoms with Crippen LogP contribution in [0.3, 0.4) is 0 Å². The van der Waals surface area contributed by atoms with Gasteiger partial charge in [0.05, 0.1) is 12.2 Å². The highest BCUT2D eigenvalue weighted by molar-refractivity contribution is 4.96. The minimum absolute atomic E-state index is 0.549. The van der Waals surface area contributed by atoms with Crippen LogP contribution in [0.4, 0.5) is 0 Å². The average Bonchev–Trinajstić information content (AvgIpc) is 2.30. The van der Waals surface area contributed by atoms with E-state index in [1.165, 1.54) is 25.7 Å². The molecule has 0 aliphatic carbocycles. The van der Waals surface area contributed by atoms with Gasteiger partial charge in [0, 0.05) is 0 Å². The molecule has 2 unspecified atom stereocenters. The van der Waals surface area contributed by atoms with Gasteiger partial charge in [-0.1, -0.05) is 0 Å². The molecule has 2 heteroatoms. The van der Waals surface area contributed by atoms with Crippen LogP contribution in [0.25, 0.3) is 5.32 Å². The van der Waals surface area contributed by atoms with Crippen molar-refractivity contribution in [3.8, 4) is 0 Å². The third-order valence-corrected chi connectivity index (χ3v) is 2.63. The zero-order valence-electron chi connectivity index (χ0n) is 6.42. The number of nitrogens with zero attached hydrogens (tertiary/aromatic N) is 1. The third-order valence-electron chi connectivity index (χ3n) is 2.63. The highest BCUT2D eigenvalue weighted by Gasteiger charge is 2.30. The van der Waals surface area contributed by atoms with E-state index in [9.17, 15) is 0 Å². The Morgan fingerprint density at radius 3 is 2.30 bits per heavy atom. The van der Waals surface area contributed by atoms with Gasteiger partial charge in [-0.05, 0) is 25.7 Å². The second kappa shape index (κ2) is 2.51. The van der Waals surface area contributed by atoms with Gasteiger partial charge in [-0.25, -0.2) is 0 Å². The second-order valence-electron chi connectivity index (χ2n) is 3.34. The second-order valence-corrected chi connectivity index (χ2v) is 3.34. The Labute approximate surface area is 61.9 Å². The molecule has 2 aliphatic rings. The number of hydrogen-bond acceptors (Lipinski definition) is 1. The quantitative estimate of drug-likeness (QED) is 0.543. The molecule has 2 aliphatic heterocycles. The van der Waals surface area contributed by atoms with E-state index >= 15 is 0 Å². The molecule has 2 atom stereocenters. The minimum Gasteiger partial charge on any atom is -0.662 e. The van der Waals surface area contributed by atoms with Crippen LogP contribution in [-0.2, 0) is 4.74 Å². The van der Waals surface area contributed by atoms with Crippen LogP contribution in [0.2, 0.25) is 0 Å². The summed E-state index contributed by atoms with van der Waals surface area (Å²) >= 11 is 0. The zero-order valence-corrected chi connectivity index (χ0v) is 6.42. The first-order valence-corrected chi connectivity index (χ1v) is 4.13. The number of rotatable bonds is 1. The van der Waals surface area contributed by atoms with E-state index in [0.717, 1.165) is 0 Å². The first kappa shape index (κ1) is 6.62. The van der Waals surface area contributed by atoms with E-state index < -0.39 is 0 Å². The summed E-state index contributed by atoms with van der Waals surface area (Å²) in [6.45, 7) is 0. The van der Waals surface area contributed by atoms with E-state index in [1.54, 1.807) is 0 Å². The highest BCUT2D eigenvalue weighted by Crippen LogP contribution is 2.34. The van der Waals surface area contributed by atoms with Gasteiger partial charge in [0.2, 0.25) is 0 Å². The van der Waals surface area contributed by atoms with Crippen LogP contribution in [0.15, 0.2) is 0 Å². The van der Waals surface area contributed by atoms with E-state index in [2.05, 4.69) is 5.32 Å². The Bertz CT molecular complexity index is 114. The molecule has 0 radical (unpaired) electrons. The first-order chi connectivity index (χ1) is 4.88. The standard InChI is InChI=1S/C8H14NO/c1-9-6-4-7-2-3-8(5-6)10-7/h6-8H,2-5H2,1H3/q-1. The van der Waals surface area contributed by atoms with E-state index in [-0.39, 0.29) is 0 Å². The molecule has 0 aromatic heterocycles. The fourth-order valence-electron chi connectivity index (χ4n) is 2.04. The van der Waals surface area contributed by atoms with Crippen molar-refractivity contribution in [2.75, 3.05) is 7.05 Å². The van der Waals surface area contributed by atoms with E-state index in [0.29, 0.717) is 18.2 Å². The molecule has 58 valence electrons. The number of fused-ring (bicyclic) bond motifs is 2. The molecule has 0 amide bonds. The average molecular weight is 140 g/mol. The van der Waals surface area contributed by atoms with Gasteiger partial charge in [-0.15, -0.1) is 6.04 Å². The summed E-state index contributed by atoms with van der Waals surface area (Å²) in [6, 6.07) is 0.603. The topological polar surface area (TPSA) is 23.3 Å². The predicted octanol–water partition coefficient (Wildman–Crippen LogP) is 1.70. The van der Waals surface area contributed by atoms with Crippen LogP contribution < -0.4 is 0 Å². The minimum atomic E-state index is 0.549. The van der Waals surface area contributed by atoms with E-state index in [4.69, 9.17) is 4.74 Å². The maximum Gasteiger partial charge on any atom is 0.0566 e. The van der Waals surface area contributed by atoms with E-state index in [1.807, 2.05) is 7.05 Å². The van der Waals surface area contributed by atoms with Gasteiger partial charge in [-0.3, -0.25) is 0 Å². The van der Waals surface area contributed by atoms with Crippen molar-refractivity contribution in [1.29, 1.82) is 0 Å². The summed E-state index contributed by atoms with van der Waals surface area (Å²) in [5, 5.41) is 4.31. The van der Waals surface area contributed by atoms with Crippen molar-refractivity contribution in [3.63, 3.8) is 0 Å². The molecular formula is C8H14NO-. The summed E-state index contributed by atoms with van der Waals surface area (Å²) < 4.78 is 5.67. The molecule has 2 saturated heterocycles. The fourth-order valence-corrected chi connectivity index (χ4v) is 2.04. The lowest BCUT2D eigenvalue weighted by Gasteiger charge is -2.36. The summed E-state index contributed by atoms with van der Waals surface area (Å²) in [7, 11) is 1.93. The molecule has 2 rings (SSSR count). The first-order valence-electron chi connectivity index (χ1n) is 4.13. The van der Waals surface area contributed by atoms with Gasteiger partial charge >= 0.3 is 0 Å². The largest absolute Gasteiger partial charge is 0.662 e. The highest BCUT2D eigenvalue weighted by atomic mass is 16.5. The van der Waals surface area contributed by atoms with Crippen LogP contribution in [0, 0.1) is 0 Å². The zero-order chi connectivity index (χ0) is 6.97. The molecule has 0 spiro atoms. The molecule has 0 aromatic carbocycles. The number of hydrogen-bond donors (Lipinski definition) is 0. The summed E-state index contributed by atoms with van der Waals surface area (Å²) in [4.78, 5) is 0. The Kier molecular flexibility index (Phi) is 1.66. The monoisotopic (exact) mass is 140 g/mol. The van der Waals surface area contributed by atoms with Crippen molar-refractivity contribution < 1.29 is 4.74 Å². The Hall–Kier alpha value is -0.0800. The van der Waals surface area contributed by atoms with Gasteiger partial charge in [0.15, 0.2) is 0 Å². The van der Waals surface area contributed by atoms with Crippen LogP contribution >= 0.6 is 0 Å². The number of ether oxygens (including phenoxy) is 1. The van der Waals surface area contributed by atoms with Gasteiger partial charge in [0.1, 0.15) is 0 Å². The van der Waals surface area contributed by atoms with Gasteiger partial charge in [-0.2, -0.15) is 7.05 Å². The molecule has 2 nitrogen and oxygen atoms in total. The van der Waals surface area contributed by atoms with Crippen molar-refractivity contribution in [1.82, 2.24) is 0 Å². The molecule has 2 fully saturated rings. The normalized spacial score (nSPS) is 45.9. The third kappa shape index (κ3) is 1.06. The summed E-state index contributed by atoms with van der Waals surface area (Å²) in [5.74, 6) is 0.